The Kier molecular flexibility index (Phi) is 7.04. The number of rotatable bonds is 6. The Hall–Kier alpha value is -2.19. The van der Waals surface area contributed by atoms with Crippen LogP contribution in [0.1, 0.15) is 75.7 Å². The van der Waals surface area contributed by atoms with E-state index in [0.717, 1.165) is 28.8 Å². The van der Waals surface area contributed by atoms with Gasteiger partial charge < -0.3 is 0 Å². The highest BCUT2D eigenvalue weighted by Crippen LogP contribution is 2.40. The van der Waals surface area contributed by atoms with Crippen molar-refractivity contribution in [1.29, 1.82) is 0 Å². The average molecular weight is 514 g/mol. The quantitative estimate of drug-likeness (QED) is 0.429. The van der Waals surface area contributed by atoms with Crippen LogP contribution in [0.25, 0.3) is 11.0 Å². The zero-order valence-corrected chi connectivity index (χ0v) is 22.3. The summed E-state index contributed by atoms with van der Waals surface area (Å²) in [4.78, 5) is 13.7. The number of imidazole rings is 1. The van der Waals surface area contributed by atoms with Gasteiger partial charge >= 0.3 is 5.69 Å². The summed E-state index contributed by atoms with van der Waals surface area (Å²) in [5.74, 6) is 0.536. The SMILES string of the molecule is Cn1c(=O)n(C)c2cc(SC3CCCCC3)c(NS(=O)(=O)c3ccc(C4CCCCC4)cc3)cc21. The molecule has 0 bridgehead atoms. The number of thioether (sulfide) groups is 1. The summed E-state index contributed by atoms with van der Waals surface area (Å²) in [5, 5.41) is 0.458. The first-order valence-electron chi connectivity index (χ1n) is 12.8. The molecule has 0 spiro atoms. The highest BCUT2D eigenvalue weighted by Gasteiger charge is 2.23. The first-order chi connectivity index (χ1) is 16.8. The summed E-state index contributed by atoms with van der Waals surface area (Å²) in [6, 6.07) is 11.2. The second-order valence-corrected chi connectivity index (χ2v) is 13.1. The Balaban J connectivity index is 1.47. The molecule has 3 aromatic rings. The molecular weight excluding hydrogens is 478 g/mol. The molecule has 2 saturated carbocycles. The molecule has 5 rings (SSSR count). The molecule has 1 aromatic heterocycles. The number of hydrogen-bond acceptors (Lipinski definition) is 4. The second kappa shape index (κ2) is 10.1. The molecular formula is C27H35N3O3S2. The van der Waals surface area contributed by atoms with Crippen LogP contribution >= 0.6 is 11.8 Å². The number of nitrogens with zero attached hydrogens (tertiary/aromatic N) is 2. The van der Waals surface area contributed by atoms with Gasteiger partial charge in [0.1, 0.15) is 0 Å². The summed E-state index contributed by atoms with van der Waals surface area (Å²) in [7, 11) is -0.282. The highest BCUT2D eigenvalue weighted by molar-refractivity contribution is 8.00. The van der Waals surface area contributed by atoms with E-state index in [0.29, 0.717) is 16.9 Å². The zero-order valence-electron chi connectivity index (χ0n) is 20.6. The first kappa shape index (κ1) is 24.5. The van der Waals surface area contributed by atoms with Crippen molar-refractivity contribution in [2.24, 2.45) is 14.1 Å². The van der Waals surface area contributed by atoms with Gasteiger partial charge in [0, 0.05) is 24.2 Å². The van der Waals surface area contributed by atoms with Crippen LogP contribution in [0.15, 0.2) is 51.0 Å². The Bertz CT molecular complexity index is 1360. The number of fused-ring (bicyclic) bond motifs is 1. The van der Waals surface area contributed by atoms with Crippen molar-refractivity contribution < 1.29 is 8.42 Å². The predicted molar refractivity (Wildman–Crippen MR) is 144 cm³/mol. The maximum atomic E-state index is 13.4. The van der Waals surface area contributed by atoms with Gasteiger partial charge in [-0.3, -0.25) is 13.9 Å². The van der Waals surface area contributed by atoms with Gasteiger partial charge in [-0.15, -0.1) is 11.8 Å². The van der Waals surface area contributed by atoms with Crippen molar-refractivity contribution in [3.05, 3.63) is 52.4 Å². The molecule has 2 aliphatic rings. The maximum absolute atomic E-state index is 13.4. The molecule has 35 heavy (non-hydrogen) atoms. The summed E-state index contributed by atoms with van der Waals surface area (Å²) in [5.41, 5.74) is 3.20. The third kappa shape index (κ3) is 5.05. The van der Waals surface area contributed by atoms with Crippen molar-refractivity contribution in [2.75, 3.05) is 4.72 Å². The molecule has 2 aliphatic carbocycles. The summed E-state index contributed by atoms with van der Waals surface area (Å²) in [6.45, 7) is 0. The van der Waals surface area contributed by atoms with Crippen molar-refractivity contribution >= 4 is 38.5 Å². The number of hydrogen-bond donors (Lipinski definition) is 1. The summed E-state index contributed by atoms with van der Waals surface area (Å²) >= 11 is 1.74. The van der Waals surface area contributed by atoms with E-state index in [-0.39, 0.29) is 10.6 Å². The number of sulfonamides is 1. The van der Waals surface area contributed by atoms with E-state index < -0.39 is 10.0 Å². The van der Waals surface area contributed by atoms with Crippen LogP contribution in [0.5, 0.6) is 0 Å². The van der Waals surface area contributed by atoms with Crippen LogP contribution in [-0.4, -0.2) is 22.8 Å². The van der Waals surface area contributed by atoms with E-state index >= 15 is 0 Å². The van der Waals surface area contributed by atoms with Gasteiger partial charge in [0.15, 0.2) is 0 Å². The second-order valence-electron chi connectivity index (χ2n) is 10.1. The Morgan fingerprint density at radius 3 is 2.03 bits per heavy atom. The van der Waals surface area contributed by atoms with Gasteiger partial charge in [0.25, 0.3) is 10.0 Å². The molecule has 0 unspecified atom stereocenters. The molecule has 2 aromatic carbocycles. The van der Waals surface area contributed by atoms with Crippen molar-refractivity contribution in [2.45, 2.75) is 85.2 Å². The molecule has 188 valence electrons. The van der Waals surface area contributed by atoms with E-state index in [4.69, 9.17) is 0 Å². The van der Waals surface area contributed by atoms with Gasteiger partial charge in [-0.25, -0.2) is 13.2 Å². The molecule has 8 heteroatoms. The fraction of sp³-hybridized carbons (Fsp3) is 0.519. The molecule has 1 heterocycles. The molecule has 0 radical (unpaired) electrons. The lowest BCUT2D eigenvalue weighted by Gasteiger charge is -2.23. The Morgan fingerprint density at radius 2 is 1.40 bits per heavy atom. The normalized spacial score (nSPS) is 18.2. The largest absolute Gasteiger partial charge is 0.328 e. The third-order valence-corrected chi connectivity index (χ3v) is 10.5. The minimum absolute atomic E-state index is 0.119. The number of nitrogens with one attached hydrogen (secondary N) is 1. The van der Waals surface area contributed by atoms with Crippen LogP contribution in [0.4, 0.5) is 5.69 Å². The molecule has 1 N–H and O–H groups in total. The minimum Gasteiger partial charge on any atom is -0.295 e. The van der Waals surface area contributed by atoms with Gasteiger partial charge in [-0.1, -0.05) is 50.7 Å². The first-order valence-corrected chi connectivity index (χ1v) is 15.2. The highest BCUT2D eigenvalue weighted by atomic mass is 32.2. The molecule has 0 atom stereocenters. The number of aromatic nitrogens is 2. The fourth-order valence-corrected chi connectivity index (χ4v) is 8.10. The minimum atomic E-state index is -3.77. The molecule has 2 fully saturated rings. The topological polar surface area (TPSA) is 73.1 Å². The molecule has 0 saturated heterocycles. The fourth-order valence-electron chi connectivity index (χ4n) is 5.62. The van der Waals surface area contributed by atoms with Crippen molar-refractivity contribution in [3.63, 3.8) is 0 Å². The standard InChI is InChI=1S/C27H35N3O3S2/c1-29-24-17-23(26(18-25(24)30(2)27(29)31)34-21-11-7-4-8-12-21)28-35(32,33)22-15-13-20(14-16-22)19-9-5-3-6-10-19/h13-19,21,28H,3-12H2,1-2H3. The smallest absolute Gasteiger partial charge is 0.295 e. The zero-order chi connectivity index (χ0) is 24.6. The number of benzene rings is 2. The van der Waals surface area contributed by atoms with Crippen molar-refractivity contribution in [1.82, 2.24) is 9.13 Å². The number of aryl methyl sites for hydroxylation is 2. The van der Waals surface area contributed by atoms with E-state index in [1.807, 2.05) is 24.3 Å². The predicted octanol–water partition coefficient (Wildman–Crippen LogP) is 6.15. The molecule has 0 amide bonds. The van der Waals surface area contributed by atoms with Crippen LogP contribution < -0.4 is 10.4 Å². The lowest BCUT2D eigenvalue weighted by atomic mass is 9.84. The lowest BCUT2D eigenvalue weighted by molar-refractivity contribution is 0.443. The molecule has 0 aliphatic heterocycles. The van der Waals surface area contributed by atoms with Crippen LogP contribution in [0, 0.1) is 0 Å². The van der Waals surface area contributed by atoms with E-state index in [1.165, 1.54) is 56.9 Å². The van der Waals surface area contributed by atoms with Crippen LogP contribution in [0.2, 0.25) is 0 Å². The summed E-state index contributed by atoms with van der Waals surface area (Å²) in [6.07, 6.45) is 12.1. The van der Waals surface area contributed by atoms with Crippen molar-refractivity contribution in [3.8, 4) is 0 Å². The van der Waals surface area contributed by atoms with Gasteiger partial charge in [0.05, 0.1) is 21.6 Å². The Labute approximate surface area is 212 Å². The average Bonchev–Trinajstić information content (AvgIpc) is 3.08. The van der Waals surface area contributed by atoms with Crippen LogP contribution in [0.3, 0.4) is 0 Å². The third-order valence-electron chi connectivity index (χ3n) is 7.73. The van der Waals surface area contributed by atoms with E-state index in [9.17, 15) is 13.2 Å². The summed E-state index contributed by atoms with van der Waals surface area (Å²) < 4.78 is 32.9. The Morgan fingerprint density at radius 1 is 0.829 bits per heavy atom. The van der Waals surface area contributed by atoms with E-state index in [2.05, 4.69) is 4.72 Å². The van der Waals surface area contributed by atoms with Gasteiger partial charge in [0.2, 0.25) is 0 Å². The van der Waals surface area contributed by atoms with E-state index in [1.54, 1.807) is 47.1 Å². The number of anilines is 1. The maximum Gasteiger partial charge on any atom is 0.328 e. The van der Waals surface area contributed by atoms with Crippen LogP contribution in [-0.2, 0) is 24.1 Å². The lowest BCUT2D eigenvalue weighted by Crippen LogP contribution is -2.19. The molecule has 6 nitrogen and oxygen atoms in total. The van der Waals surface area contributed by atoms with Gasteiger partial charge in [-0.2, -0.15) is 0 Å². The monoisotopic (exact) mass is 513 g/mol. The van der Waals surface area contributed by atoms with Gasteiger partial charge in [-0.05, 0) is 61.4 Å².